The van der Waals surface area contributed by atoms with Crippen molar-refractivity contribution in [2.45, 2.75) is 57.2 Å². The van der Waals surface area contributed by atoms with Crippen molar-refractivity contribution in [3.63, 3.8) is 0 Å². The van der Waals surface area contributed by atoms with Crippen LogP contribution in [0.5, 0.6) is 0 Å². The second-order valence-electron chi connectivity index (χ2n) is 6.10. The summed E-state index contributed by atoms with van der Waals surface area (Å²) in [5.41, 5.74) is 4.11. The SMILES string of the molecule is CC(CC1=CC2=C(CC1)C(O)=CCC2)C(C)(C)Br. The van der Waals surface area contributed by atoms with E-state index in [1.165, 1.54) is 11.1 Å². The molecule has 2 heteroatoms. The van der Waals surface area contributed by atoms with E-state index in [9.17, 15) is 5.11 Å². The molecule has 0 heterocycles. The maximum atomic E-state index is 9.87. The van der Waals surface area contributed by atoms with Crippen molar-refractivity contribution in [3.8, 4) is 0 Å². The number of hydrogen-bond donors (Lipinski definition) is 1. The monoisotopic (exact) mass is 310 g/mol. The molecule has 0 spiro atoms. The third-order valence-corrected chi connectivity index (χ3v) is 5.04. The number of rotatable bonds is 3. The molecule has 0 saturated carbocycles. The Morgan fingerprint density at radius 2 is 2.06 bits per heavy atom. The van der Waals surface area contributed by atoms with Gasteiger partial charge in [-0.2, -0.15) is 0 Å². The molecule has 1 unspecified atom stereocenters. The highest BCUT2D eigenvalue weighted by Gasteiger charge is 2.25. The molecule has 1 nitrogen and oxygen atoms in total. The predicted molar refractivity (Wildman–Crippen MR) is 81.1 cm³/mol. The maximum absolute atomic E-state index is 9.87. The Morgan fingerprint density at radius 3 is 2.72 bits per heavy atom. The van der Waals surface area contributed by atoms with Gasteiger partial charge in [-0.1, -0.05) is 34.5 Å². The van der Waals surface area contributed by atoms with E-state index in [4.69, 9.17) is 0 Å². The summed E-state index contributed by atoms with van der Waals surface area (Å²) >= 11 is 3.76. The third kappa shape index (κ3) is 3.09. The molecule has 0 bridgehead atoms. The summed E-state index contributed by atoms with van der Waals surface area (Å²) in [5.74, 6) is 1.15. The van der Waals surface area contributed by atoms with Crippen LogP contribution >= 0.6 is 15.9 Å². The smallest absolute Gasteiger partial charge is 0.115 e. The number of alkyl halides is 1. The van der Waals surface area contributed by atoms with Gasteiger partial charge >= 0.3 is 0 Å². The predicted octanol–water partition coefficient (Wildman–Crippen LogP) is 5.44. The minimum atomic E-state index is 0.192. The zero-order chi connectivity index (χ0) is 13.3. The molecule has 0 aromatic rings. The van der Waals surface area contributed by atoms with Gasteiger partial charge in [0, 0.05) is 4.32 Å². The van der Waals surface area contributed by atoms with Crippen LogP contribution in [-0.2, 0) is 0 Å². The molecule has 2 aliphatic carbocycles. The zero-order valence-corrected chi connectivity index (χ0v) is 13.2. The molecule has 0 aliphatic heterocycles. The van der Waals surface area contributed by atoms with Gasteiger partial charge < -0.3 is 5.11 Å². The van der Waals surface area contributed by atoms with Crippen LogP contribution in [0.2, 0.25) is 0 Å². The summed E-state index contributed by atoms with van der Waals surface area (Å²) in [6.45, 7) is 6.78. The van der Waals surface area contributed by atoms with Crippen molar-refractivity contribution in [3.05, 3.63) is 34.6 Å². The fourth-order valence-electron chi connectivity index (χ4n) is 2.65. The Bertz CT molecular complexity index is 421. The summed E-state index contributed by atoms with van der Waals surface area (Å²) in [6, 6.07) is 0. The number of halogens is 1. The minimum Gasteiger partial charge on any atom is -0.508 e. The van der Waals surface area contributed by atoms with E-state index in [1.807, 2.05) is 6.08 Å². The van der Waals surface area contributed by atoms with Gasteiger partial charge in [-0.15, -0.1) is 0 Å². The fourth-order valence-corrected chi connectivity index (χ4v) is 2.81. The van der Waals surface area contributed by atoms with Crippen molar-refractivity contribution in [1.29, 1.82) is 0 Å². The molecule has 1 atom stereocenters. The summed E-state index contributed by atoms with van der Waals surface area (Å²) in [4.78, 5) is 0. The number of allylic oxidation sites excluding steroid dienone is 5. The van der Waals surface area contributed by atoms with Crippen molar-refractivity contribution < 1.29 is 5.11 Å². The lowest BCUT2D eigenvalue weighted by Gasteiger charge is -2.29. The van der Waals surface area contributed by atoms with Crippen LogP contribution in [0.4, 0.5) is 0 Å². The van der Waals surface area contributed by atoms with Gasteiger partial charge in [0.1, 0.15) is 5.76 Å². The third-order valence-electron chi connectivity index (χ3n) is 4.26. The average Bonchev–Trinajstić information content (AvgIpc) is 2.28. The van der Waals surface area contributed by atoms with Crippen LogP contribution in [0.15, 0.2) is 34.6 Å². The molecule has 0 aromatic heterocycles. The van der Waals surface area contributed by atoms with E-state index in [-0.39, 0.29) is 4.32 Å². The van der Waals surface area contributed by atoms with E-state index in [0.717, 1.165) is 32.1 Å². The Morgan fingerprint density at radius 1 is 1.33 bits per heavy atom. The molecule has 0 amide bonds. The standard InChI is InChI=1S/C16H23BrO/c1-11(16(2,3)17)9-12-7-8-14-13(10-12)5-4-6-15(14)18/h6,10-11,18H,4-5,7-9H2,1-3H3. The summed E-state index contributed by atoms with van der Waals surface area (Å²) in [5, 5.41) is 9.87. The van der Waals surface area contributed by atoms with Gasteiger partial charge in [0.05, 0.1) is 0 Å². The lowest BCUT2D eigenvalue weighted by Crippen LogP contribution is -2.22. The Labute approximate surface area is 119 Å². The van der Waals surface area contributed by atoms with Gasteiger partial charge in [0.15, 0.2) is 0 Å². The maximum Gasteiger partial charge on any atom is 0.115 e. The largest absolute Gasteiger partial charge is 0.508 e. The number of hydrogen-bond acceptors (Lipinski definition) is 1. The van der Waals surface area contributed by atoms with Crippen LogP contribution in [-0.4, -0.2) is 9.43 Å². The minimum absolute atomic E-state index is 0.192. The number of aliphatic hydroxyl groups is 1. The van der Waals surface area contributed by atoms with E-state index < -0.39 is 0 Å². The van der Waals surface area contributed by atoms with Crippen LogP contribution in [0.3, 0.4) is 0 Å². The molecule has 0 fully saturated rings. The molecule has 0 aromatic carbocycles. The van der Waals surface area contributed by atoms with Crippen LogP contribution < -0.4 is 0 Å². The molecule has 100 valence electrons. The van der Waals surface area contributed by atoms with Gasteiger partial charge in [0.25, 0.3) is 0 Å². The molecule has 2 aliphatic rings. The zero-order valence-electron chi connectivity index (χ0n) is 11.6. The van der Waals surface area contributed by atoms with Crippen molar-refractivity contribution >= 4 is 15.9 Å². The van der Waals surface area contributed by atoms with E-state index >= 15 is 0 Å². The van der Waals surface area contributed by atoms with Gasteiger partial charge in [-0.3, -0.25) is 0 Å². The first-order valence-corrected chi connectivity index (χ1v) is 7.67. The lowest BCUT2D eigenvalue weighted by molar-refractivity contribution is 0.407. The Hall–Kier alpha value is -0.500. The summed E-state index contributed by atoms with van der Waals surface area (Å²) in [7, 11) is 0. The highest BCUT2D eigenvalue weighted by atomic mass is 79.9. The topological polar surface area (TPSA) is 20.2 Å². The molecular weight excluding hydrogens is 288 g/mol. The van der Waals surface area contributed by atoms with Crippen LogP contribution in [0.1, 0.15) is 52.9 Å². The first kappa shape index (κ1) is 13.9. The molecule has 2 rings (SSSR count). The first-order chi connectivity index (χ1) is 8.38. The quantitative estimate of drug-likeness (QED) is 0.688. The highest BCUT2D eigenvalue weighted by Crippen LogP contribution is 2.38. The van der Waals surface area contributed by atoms with Crippen molar-refractivity contribution in [2.24, 2.45) is 5.92 Å². The second kappa shape index (κ2) is 5.24. The van der Waals surface area contributed by atoms with Crippen molar-refractivity contribution in [1.82, 2.24) is 0 Å². The normalized spacial score (nSPS) is 22.2. The van der Waals surface area contributed by atoms with Gasteiger partial charge in [-0.25, -0.2) is 0 Å². The van der Waals surface area contributed by atoms with Crippen molar-refractivity contribution in [2.75, 3.05) is 0 Å². The second-order valence-corrected chi connectivity index (χ2v) is 8.15. The van der Waals surface area contributed by atoms with Crippen LogP contribution in [0, 0.1) is 5.92 Å². The Kier molecular flexibility index (Phi) is 4.05. The molecule has 1 N–H and O–H groups in total. The van der Waals surface area contributed by atoms with E-state index in [1.54, 1.807) is 5.57 Å². The van der Waals surface area contributed by atoms with E-state index in [2.05, 4.69) is 42.8 Å². The first-order valence-electron chi connectivity index (χ1n) is 6.88. The average molecular weight is 311 g/mol. The lowest BCUT2D eigenvalue weighted by atomic mass is 9.81. The van der Waals surface area contributed by atoms with Crippen LogP contribution in [0.25, 0.3) is 0 Å². The molecule has 0 radical (unpaired) electrons. The fraction of sp³-hybridized carbons (Fsp3) is 0.625. The van der Waals surface area contributed by atoms with Gasteiger partial charge in [0.2, 0.25) is 0 Å². The summed E-state index contributed by atoms with van der Waals surface area (Å²) < 4.78 is 0.192. The Balaban J connectivity index is 2.11. The van der Waals surface area contributed by atoms with Gasteiger partial charge in [-0.05, 0) is 69.1 Å². The molecular formula is C16H23BrO. The summed E-state index contributed by atoms with van der Waals surface area (Å²) in [6.07, 6.45) is 9.64. The molecule has 0 saturated heterocycles. The highest BCUT2D eigenvalue weighted by molar-refractivity contribution is 9.10. The van der Waals surface area contributed by atoms with E-state index in [0.29, 0.717) is 11.7 Å². The number of aliphatic hydroxyl groups excluding tert-OH is 1. The molecule has 18 heavy (non-hydrogen) atoms.